The molecule has 7 heteroatoms. The molecule has 0 bridgehead atoms. The van der Waals surface area contributed by atoms with Crippen LogP contribution in [0, 0.1) is 0 Å². The number of hydrazine groups is 1. The molecule has 0 saturated heterocycles. The van der Waals surface area contributed by atoms with Crippen molar-refractivity contribution in [3.63, 3.8) is 0 Å². The van der Waals surface area contributed by atoms with Crippen molar-refractivity contribution in [3.05, 3.63) is 0 Å². The molecule has 1 atom stereocenters. The maximum atomic E-state index is 10.9. The number of rotatable bonds is 4. The summed E-state index contributed by atoms with van der Waals surface area (Å²) in [6.45, 7) is 1.62. The summed E-state index contributed by atoms with van der Waals surface area (Å²) in [6, 6.07) is 0. The fourth-order valence-electron chi connectivity index (χ4n) is 0.259. The summed E-state index contributed by atoms with van der Waals surface area (Å²) in [5.41, 5.74) is 7.61. The first kappa shape index (κ1) is 10.8. The van der Waals surface area contributed by atoms with E-state index in [2.05, 4.69) is 10.3 Å². The molecule has 0 heterocycles. The van der Waals surface area contributed by atoms with Gasteiger partial charge in [0, 0.05) is 14.1 Å². The molecule has 0 radical (unpaired) electrons. The van der Waals surface area contributed by atoms with E-state index in [1.54, 1.807) is 6.92 Å². The molecule has 0 saturated carbocycles. The number of hydrogen-bond donors (Lipinski definition) is 3. The van der Waals surface area contributed by atoms with Gasteiger partial charge < -0.3 is 5.73 Å². The van der Waals surface area contributed by atoms with Crippen LogP contribution in [-0.2, 0) is 10.2 Å². The van der Waals surface area contributed by atoms with Crippen LogP contribution in [-0.4, -0.2) is 33.0 Å². The lowest BCUT2D eigenvalue weighted by atomic mass is 10.7. The zero-order valence-corrected chi connectivity index (χ0v) is 7.64. The van der Waals surface area contributed by atoms with Gasteiger partial charge in [-0.05, 0) is 6.92 Å². The van der Waals surface area contributed by atoms with Crippen LogP contribution >= 0.6 is 0 Å². The van der Waals surface area contributed by atoms with Crippen LogP contribution in [0.2, 0.25) is 0 Å². The first-order chi connectivity index (χ1) is 4.86. The second-order valence-electron chi connectivity index (χ2n) is 2.32. The van der Waals surface area contributed by atoms with Crippen LogP contribution < -0.4 is 16.0 Å². The quantitative estimate of drug-likeness (QED) is 0.353. The Balaban J connectivity index is 3.95. The van der Waals surface area contributed by atoms with Gasteiger partial charge in [-0.3, -0.25) is 0 Å². The predicted molar refractivity (Wildman–Crippen MR) is 42.5 cm³/mol. The van der Waals surface area contributed by atoms with Crippen LogP contribution in [0.3, 0.4) is 0 Å². The lowest BCUT2D eigenvalue weighted by Crippen LogP contribution is -2.50. The lowest BCUT2D eigenvalue weighted by molar-refractivity contribution is 0.465. The van der Waals surface area contributed by atoms with E-state index in [0.717, 1.165) is 4.31 Å². The van der Waals surface area contributed by atoms with Crippen molar-refractivity contribution in [1.29, 1.82) is 0 Å². The molecule has 0 amide bonds. The monoisotopic (exact) mass is 182 g/mol. The van der Waals surface area contributed by atoms with E-state index >= 15 is 0 Å². The fraction of sp³-hybridized carbons (Fsp3) is 1.00. The van der Waals surface area contributed by atoms with Gasteiger partial charge in [0.05, 0.1) is 6.17 Å². The predicted octanol–water partition coefficient (Wildman–Crippen LogP) is -1.81. The van der Waals surface area contributed by atoms with Crippen LogP contribution in [0.4, 0.5) is 0 Å². The molecule has 0 aromatic rings. The molecular weight excluding hydrogens is 168 g/mol. The van der Waals surface area contributed by atoms with Crippen molar-refractivity contribution < 1.29 is 8.42 Å². The van der Waals surface area contributed by atoms with Gasteiger partial charge in [0.1, 0.15) is 0 Å². The molecule has 0 rings (SSSR count). The average Bonchev–Trinajstić information content (AvgIpc) is 1.84. The number of hydrogen-bond acceptors (Lipinski definition) is 4. The highest BCUT2D eigenvalue weighted by Crippen LogP contribution is 1.84. The van der Waals surface area contributed by atoms with E-state index in [9.17, 15) is 8.42 Å². The van der Waals surface area contributed by atoms with Crippen molar-refractivity contribution in [2.75, 3.05) is 14.1 Å². The molecule has 0 spiro atoms. The first-order valence-electron chi connectivity index (χ1n) is 3.06. The normalized spacial score (nSPS) is 15.4. The van der Waals surface area contributed by atoms with Gasteiger partial charge in [0.25, 0.3) is 10.2 Å². The summed E-state index contributed by atoms with van der Waals surface area (Å²) in [6.07, 6.45) is -0.412. The van der Waals surface area contributed by atoms with Gasteiger partial charge in [-0.15, -0.1) is 4.83 Å². The van der Waals surface area contributed by atoms with Crippen molar-refractivity contribution >= 4 is 10.2 Å². The molecule has 0 aromatic carbocycles. The highest BCUT2D eigenvalue weighted by molar-refractivity contribution is 7.87. The van der Waals surface area contributed by atoms with Crippen LogP contribution in [0.1, 0.15) is 6.92 Å². The third-order valence-electron chi connectivity index (χ3n) is 0.896. The van der Waals surface area contributed by atoms with E-state index in [1.807, 2.05) is 0 Å². The van der Waals surface area contributed by atoms with Crippen molar-refractivity contribution in [3.8, 4) is 0 Å². The van der Waals surface area contributed by atoms with E-state index in [4.69, 9.17) is 5.73 Å². The molecule has 11 heavy (non-hydrogen) atoms. The lowest BCUT2D eigenvalue weighted by Gasteiger charge is -2.14. The summed E-state index contributed by atoms with van der Waals surface area (Å²) in [5.74, 6) is 0. The topological polar surface area (TPSA) is 87.5 Å². The number of nitrogens with two attached hydrogens (primary N) is 1. The molecule has 0 aromatic heterocycles. The second kappa shape index (κ2) is 3.98. The second-order valence-corrected chi connectivity index (χ2v) is 4.21. The molecule has 0 aliphatic rings. The highest BCUT2D eigenvalue weighted by Gasteiger charge is 2.11. The van der Waals surface area contributed by atoms with Gasteiger partial charge in [0.15, 0.2) is 0 Å². The van der Waals surface area contributed by atoms with E-state index < -0.39 is 16.4 Å². The third kappa shape index (κ3) is 4.27. The third-order valence-corrected chi connectivity index (χ3v) is 2.23. The molecule has 4 N–H and O–H groups in total. The maximum absolute atomic E-state index is 10.9. The Morgan fingerprint density at radius 2 is 1.91 bits per heavy atom. The Morgan fingerprint density at radius 3 is 2.18 bits per heavy atom. The molecule has 0 aliphatic heterocycles. The van der Waals surface area contributed by atoms with Gasteiger partial charge in [-0.2, -0.15) is 12.7 Å². The Morgan fingerprint density at radius 1 is 1.45 bits per heavy atom. The van der Waals surface area contributed by atoms with Crippen molar-refractivity contribution in [2.24, 2.45) is 5.73 Å². The van der Waals surface area contributed by atoms with Crippen molar-refractivity contribution in [1.82, 2.24) is 14.6 Å². The highest BCUT2D eigenvalue weighted by atomic mass is 32.2. The molecular formula is C4H14N4O2S. The zero-order chi connectivity index (χ0) is 9.07. The van der Waals surface area contributed by atoms with Crippen LogP contribution in [0.25, 0.3) is 0 Å². The Kier molecular flexibility index (Phi) is 3.90. The average molecular weight is 182 g/mol. The molecule has 1 unspecified atom stereocenters. The van der Waals surface area contributed by atoms with Crippen molar-refractivity contribution in [2.45, 2.75) is 13.1 Å². The summed E-state index contributed by atoms with van der Waals surface area (Å²) in [5, 5.41) is 0. The molecule has 0 aliphatic carbocycles. The Bertz CT molecular complexity index is 198. The van der Waals surface area contributed by atoms with Crippen LogP contribution in [0.5, 0.6) is 0 Å². The minimum absolute atomic E-state index is 0.412. The van der Waals surface area contributed by atoms with E-state index in [0.29, 0.717) is 0 Å². The Labute approximate surface area is 66.9 Å². The molecule has 0 fully saturated rings. The minimum atomic E-state index is -3.40. The van der Waals surface area contributed by atoms with Gasteiger partial charge >= 0.3 is 0 Å². The summed E-state index contributed by atoms with van der Waals surface area (Å²) >= 11 is 0. The SMILES string of the molecule is CC(N)NNS(=O)(=O)N(C)C. The largest absolute Gasteiger partial charge is 0.315 e. The maximum Gasteiger partial charge on any atom is 0.291 e. The van der Waals surface area contributed by atoms with Gasteiger partial charge in [-0.25, -0.2) is 5.43 Å². The first-order valence-corrected chi connectivity index (χ1v) is 4.50. The fourth-order valence-corrected chi connectivity index (χ4v) is 0.776. The minimum Gasteiger partial charge on any atom is -0.315 e. The summed E-state index contributed by atoms with van der Waals surface area (Å²) in [7, 11) is -0.557. The van der Waals surface area contributed by atoms with Gasteiger partial charge in [-0.1, -0.05) is 0 Å². The van der Waals surface area contributed by atoms with E-state index in [-0.39, 0.29) is 0 Å². The smallest absolute Gasteiger partial charge is 0.291 e. The molecule has 6 nitrogen and oxygen atoms in total. The van der Waals surface area contributed by atoms with Crippen LogP contribution in [0.15, 0.2) is 0 Å². The zero-order valence-electron chi connectivity index (χ0n) is 6.83. The number of nitrogens with zero attached hydrogens (tertiary/aromatic N) is 1. The molecule has 68 valence electrons. The van der Waals surface area contributed by atoms with E-state index in [1.165, 1.54) is 14.1 Å². The number of nitrogens with one attached hydrogen (secondary N) is 2. The summed E-state index contributed by atoms with van der Waals surface area (Å²) < 4.78 is 22.9. The van der Waals surface area contributed by atoms with Gasteiger partial charge in [0.2, 0.25) is 0 Å². The Hall–Kier alpha value is -0.210. The summed E-state index contributed by atoms with van der Waals surface area (Å²) in [4.78, 5) is 2.08. The standard InChI is InChI=1S/C4H14N4O2S/c1-4(5)6-7-11(9,10)8(2)3/h4,6-7H,5H2,1-3H3.